The highest BCUT2D eigenvalue weighted by Crippen LogP contribution is 2.38. The third-order valence-corrected chi connectivity index (χ3v) is 3.73. The van der Waals surface area contributed by atoms with Crippen LogP contribution in [0.5, 0.6) is 0 Å². The molecule has 3 rings (SSSR count). The van der Waals surface area contributed by atoms with Gasteiger partial charge in [0.1, 0.15) is 4.60 Å². The van der Waals surface area contributed by atoms with E-state index in [9.17, 15) is 9.59 Å². The van der Waals surface area contributed by atoms with Crippen LogP contribution in [0, 0.1) is 0 Å². The van der Waals surface area contributed by atoms with Crippen molar-refractivity contribution in [3.05, 3.63) is 34.1 Å². The Morgan fingerprint density at radius 3 is 2.00 bits per heavy atom. The van der Waals surface area contributed by atoms with Crippen LogP contribution < -0.4 is 11.5 Å². The maximum atomic E-state index is 11.2. The fourth-order valence-electron chi connectivity index (χ4n) is 1.86. The van der Waals surface area contributed by atoms with E-state index in [0.717, 1.165) is 18.5 Å². The highest BCUT2D eigenvalue weighted by molar-refractivity contribution is 9.10. The number of halogens is 1. The van der Waals surface area contributed by atoms with Gasteiger partial charge in [-0.2, -0.15) is 0 Å². The Morgan fingerprint density at radius 2 is 1.50 bits per heavy atom. The summed E-state index contributed by atoms with van der Waals surface area (Å²) in [6.07, 6.45) is 5.25. The zero-order chi connectivity index (χ0) is 19.3. The summed E-state index contributed by atoms with van der Waals surface area (Å²) in [4.78, 5) is 37.8. The van der Waals surface area contributed by atoms with E-state index in [1.165, 1.54) is 20.4 Å². The maximum absolute atomic E-state index is 11.2. The molecule has 138 valence electrons. The molecule has 2 aromatic rings. The highest BCUT2D eigenvalue weighted by Gasteiger charge is 2.27. The van der Waals surface area contributed by atoms with Crippen molar-refractivity contribution in [1.82, 2.24) is 19.9 Å². The molecule has 0 amide bonds. The van der Waals surface area contributed by atoms with Crippen LogP contribution in [0.1, 0.15) is 45.4 Å². The predicted octanol–water partition coefficient (Wildman–Crippen LogP) is 1.33. The Hall–Kier alpha value is -2.82. The lowest BCUT2D eigenvalue weighted by Crippen LogP contribution is -2.11. The van der Waals surface area contributed by atoms with E-state index in [0.29, 0.717) is 10.5 Å². The summed E-state index contributed by atoms with van der Waals surface area (Å²) in [5.41, 5.74) is 11.9. The minimum Gasteiger partial charge on any atom is -0.464 e. The van der Waals surface area contributed by atoms with Crippen LogP contribution in [0.25, 0.3) is 0 Å². The molecule has 0 aliphatic heterocycles. The minimum atomic E-state index is -0.596. The fourth-order valence-corrected chi connectivity index (χ4v) is 2.14. The number of methoxy groups -OCH3 is 2. The van der Waals surface area contributed by atoms with Crippen molar-refractivity contribution in [2.24, 2.45) is 0 Å². The number of ether oxygens (including phenoxy) is 2. The van der Waals surface area contributed by atoms with E-state index >= 15 is 0 Å². The average Bonchev–Trinajstić information content (AvgIpc) is 3.48. The van der Waals surface area contributed by atoms with Gasteiger partial charge in [0, 0.05) is 5.92 Å². The van der Waals surface area contributed by atoms with E-state index in [2.05, 4.69) is 45.3 Å². The van der Waals surface area contributed by atoms with Gasteiger partial charge in [0.15, 0.2) is 23.0 Å². The van der Waals surface area contributed by atoms with Crippen LogP contribution in [0.15, 0.2) is 17.0 Å². The third-order valence-electron chi connectivity index (χ3n) is 3.34. The Balaban J connectivity index is 0.000000190. The molecule has 11 heteroatoms. The van der Waals surface area contributed by atoms with Crippen molar-refractivity contribution < 1.29 is 19.1 Å². The number of aromatic nitrogens is 4. The molecule has 0 bridgehead atoms. The molecule has 1 fully saturated rings. The van der Waals surface area contributed by atoms with Gasteiger partial charge in [0.25, 0.3) is 0 Å². The standard InChI is InChI=1S/C9H11N3O2.C6H6BrN3O2/c1-14-9(13)7-8(10)11-4-6(12-7)5-2-3-5;1-12-6(11)4-5(8)9-2-3(7)10-4/h4-5H,2-3H2,1H3,(H2,10,11);2H,1H3,(H2,8,9). The van der Waals surface area contributed by atoms with Crippen molar-refractivity contribution >= 4 is 39.5 Å². The van der Waals surface area contributed by atoms with Gasteiger partial charge < -0.3 is 20.9 Å². The number of esters is 2. The first kappa shape index (κ1) is 19.5. The number of nitrogen functional groups attached to an aromatic ring is 2. The Morgan fingerprint density at radius 1 is 1.00 bits per heavy atom. The second-order valence-corrected chi connectivity index (χ2v) is 6.03. The van der Waals surface area contributed by atoms with Gasteiger partial charge in [-0.25, -0.2) is 29.5 Å². The van der Waals surface area contributed by atoms with Crippen LogP contribution in [-0.4, -0.2) is 46.1 Å². The van der Waals surface area contributed by atoms with E-state index in [4.69, 9.17) is 11.5 Å². The zero-order valence-electron chi connectivity index (χ0n) is 14.1. The van der Waals surface area contributed by atoms with Crippen molar-refractivity contribution in [3.63, 3.8) is 0 Å². The molecule has 0 saturated heterocycles. The molecule has 1 aliphatic carbocycles. The Bertz CT molecular complexity index is 828. The molecule has 0 radical (unpaired) electrons. The molecular formula is C15H17BrN6O4. The summed E-state index contributed by atoms with van der Waals surface area (Å²) in [6, 6.07) is 0. The number of carbonyl (C=O) groups excluding carboxylic acids is 2. The second-order valence-electron chi connectivity index (χ2n) is 5.21. The molecule has 2 aromatic heterocycles. The highest BCUT2D eigenvalue weighted by atomic mass is 79.9. The largest absolute Gasteiger partial charge is 0.464 e. The maximum Gasteiger partial charge on any atom is 0.360 e. The van der Waals surface area contributed by atoms with Crippen LogP contribution >= 0.6 is 15.9 Å². The molecular weight excluding hydrogens is 408 g/mol. The first-order valence-electron chi connectivity index (χ1n) is 7.44. The SMILES string of the molecule is COC(=O)c1nc(Br)cnc1N.COC(=O)c1nc(C2CC2)cnc1N. The number of nitrogens with zero attached hydrogens (tertiary/aromatic N) is 4. The van der Waals surface area contributed by atoms with Gasteiger partial charge >= 0.3 is 11.9 Å². The average molecular weight is 425 g/mol. The van der Waals surface area contributed by atoms with Gasteiger partial charge in [-0.05, 0) is 28.8 Å². The molecule has 0 unspecified atom stereocenters. The smallest absolute Gasteiger partial charge is 0.360 e. The number of hydrogen-bond donors (Lipinski definition) is 2. The minimum absolute atomic E-state index is 0.0203. The fraction of sp³-hybridized carbons (Fsp3) is 0.333. The predicted molar refractivity (Wildman–Crippen MR) is 95.2 cm³/mol. The van der Waals surface area contributed by atoms with Gasteiger partial charge in [-0.15, -0.1) is 0 Å². The van der Waals surface area contributed by atoms with Crippen LogP contribution in [0.4, 0.5) is 11.6 Å². The topological polar surface area (TPSA) is 156 Å². The summed E-state index contributed by atoms with van der Waals surface area (Å²) >= 11 is 3.06. The molecule has 0 aromatic carbocycles. The molecule has 2 heterocycles. The molecule has 4 N–H and O–H groups in total. The van der Waals surface area contributed by atoms with E-state index in [1.54, 1.807) is 6.20 Å². The van der Waals surface area contributed by atoms with E-state index in [-0.39, 0.29) is 23.0 Å². The molecule has 10 nitrogen and oxygen atoms in total. The molecule has 0 atom stereocenters. The van der Waals surface area contributed by atoms with Crippen LogP contribution in [-0.2, 0) is 9.47 Å². The molecule has 1 saturated carbocycles. The summed E-state index contributed by atoms with van der Waals surface area (Å²) in [5, 5.41) is 0. The van der Waals surface area contributed by atoms with Gasteiger partial charge in [0.05, 0.1) is 32.3 Å². The number of rotatable bonds is 3. The lowest BCUT2D eigenvalue weighted by molar-refractivity contribution is 0.0585. The monoisotopic (exact) mass is 424 g/mol. The van der Waals surface area contributed by atoms with Gasteiger partial charge in [-0.1, -0.05) is 0 Å². The summed E-state index contributed by atoms with van der Waals surface area (Å²) < 4.78 is 9.42. The summed E-state index contributed by atoms with van der Waals surface area (Å²) in [7, 11) is 2.55. The Labute approximate surface area is 157 Å². The number of nitrogens with two attached hydrogens (primary N) is 2. The molecule has 0 spiro atoms. The zero-order valence-corrected chi connectivity index (χ0v) is 15.7. The third kappa shape index (κ3) is 4.85. The first-order chi connectivity index (χ1) is 12.4. The Kier molecular flexibility index (Phi) is 6.39. The summed E-state index contributed by atoms with van der Waals surface area (Å²) in [6.45, 7) is 0. The van der Waals surface area contributed by atoms with Gasteiger partial charge in [0.2, 0.25) is 0 Å². The number of carbonyl (C=O) groups is 2. The molecule has 26 heavy (non-hydrogen) atoms. The number of anilines is 2. The van der Waals surface area contributed by atoms with Crippen molar-refractivity contribution in [3.8, 4) is 0 Å². The lowest BCUT2D eigenvalue weighted by atomic mass is 10.3. The lowest BCUT2D eigenvalue weighted by Gasteiger charge is -2.03. The number of hydrogen-bond acceptors (Lipinski definition) is 10. The van der Waals surface area contributed by atoms with Crippen molar-refractivity contribution in [2.45, 2.75) is 18.8 Å². The quantitative estimate of drug-likeness (QED) is 0.688. The second kappa shape index (κ2) is 8.52. The van der Waals surface area contributed by atoms with Gasteiger partial charge in [-0.3, -0.25) is 0 Å². The van der Waals surface area contributed by atoms with E-state index in [1.807, 2.05) is 0 Å². The van der Waals surface area contributed by atoms with E-state index < -0.39 is 11.9 Å². The van der Waals surface area contributed by atoms with Crippen molar-refractivity contribution in [1.29, 1.82) is 0 Å². The van der Waals surface area contributed by atoms with Crippen LogP contribution in [0.2, 0.25) is 0 Å². The normalized spacial score (nSPS) is 12.6. The van der Waals surface area contributed by atoms with Crippen molar-refractivity contribution in [2.75, 3.05) is 25.7 Å². The molecule has 1 aliphatic rings. The first-order valence-corrected chi connectivity index (χ1v) is 8.23. The van der Waals surface area contributed by atoms with Crippen LogP contribution in [0.3, 0.4) is 0 Å². The summed E-state index contributed by atoms with van der Waals surface area (Å²) in [5.74, 6) is -0.489.